The average molecular weight is 367 g/mol. The number of carbonyl (C=O) groups is 1. The van der Waals surface area contributed by atoms with E-state index in [0.717, 1.165) is 16.8 Å². The minimum absolute atomic E-state index is 0.294. The molecule has 6 heteroatoms. The molecule has 1 amide bonds. The molecule has 0 atom stereocenters. The number of aromatic nitrogens is 2. The summed E-state index contributed by atoms with van der Waals surface area (Å²) in [5.74, 6) is 0.792. The van der Waals surface area contributed by atoms with E-state index in [4.69, 9.17) is 11.6 Å². The predicted molar refractivity (Wildman–Crippen MR) is 105 cm³/mol. The Hall–Kier alpha value is -2.92. The fourth-order valence-electron chi connectivity index (χ4n) is 2.55. The van der Waals surface area contributed by atoms with Gasteiger partial charge in [-0.15, -0.1) is 0 Å². The Morgan fingerprint density at radius 1 is 0.923 bits per heavy atom. The largest absolute Gasteiger partial charge is 0.340 e. The van der Waals surface area contributed by atoms with E-state index < -0.39 is 0 Å². The van der Waals surface area contributed by atoms with Crippen molar-refractivity contribution in [2.75, 3.05) is 10.6 Å². The second kappa shape index (κ2) is 7.54. The maximum atomic E-state index is 12.6. The van der Waals surface area contributed by atoms with Crippen LogP contribution in [0.3, 0.4) is 0 Å². The van der Waals surface area contributed by atoms with E-state index in [9.17, 15) is 4.79 Å². The molecule has 1 aromatic heterocycles. The lowest BCUT2D eigenvalue weighted by atomic mass is 10.2. The average Bonchev–Trinajstić information content (AvgIpc) is 2.59. The zero-order chi connectivity index (χ0) is 18.7. The molecule has 0 unspecified atom stereocenters. The minimum atomic E-state index is -0.297. The Morgan fingerprint density at radius 2 is 1.69 bits per heavy atom. The first-order valence-corrected chi connectivity index (χ1v) is 8.56. The van der Waals surface area contributed by atoms with E-state index in [1.807, 2.05) is 38.1 Å². The van der Waals surface area contributed by atoms with Gasteiger partial charge in [0.25, 0.3) is 5.91 Å². The molecule has 2 N–H and O–H groups in total. The van der Waals surface area contributed by atoms with E-state index in [0.29, 0.717) is 28.0 Å². The van der Waals surface area contributed by atoms with E-state index in [-0.39, 0.29) is 5.91 Å². The molecule has 0 radical (unpaired) electrons. The summed E-state index contributed by atoms with van der Waals surface area (Å²) in [6.07, 6.45) is 0. The summed E-state index contributed by atoms with van der Waals surface area (Å²) in [7, 11) is 0. The molecular weight excluding hydrogens is 348 g/mol. The van der Waals surface area contributed by atoms with Crippen molar-refractivity contribution in [2.45, 2.75) is 20.8 Å². The lowest BCUT2D eigenvalue weighted by Crippen LogP contribution is -2.16. The van der Waals surface area contributed by atoms with Gasteiger partial charge >= 0.3 is 0 Å². The highest BCUT2D eigenvalue weighted by atomic mass is 35.5. The number of rotatable bonds is 4. The smallest absolute Gasteiger partial charge is 0.274 e. The number of hydrogen-bond acceptors (Lipinski definition) is 4. The van der Waals surface area contributed by atoms with Gasteiger partial charge in [-0.05, 0) is 56.2 Å². The van der Waals surface area contributed by atoms with Crippen LogP contribution < -0.4 is 10.6 Å². The summed E-state index contributed by atoms with van der Waals surface area (Å²) < 4.78 is 0. The molecule has 0 aliphatic carbocycles. The Morgan fingerprint density at radius 3 is 2.42 bits per heavy atom. The summed E-state index contributed by atoms with van der Waals surface area (Å²) in [6, 6.07) is 14.8. The van der Waals surface area contributed by atoms with Gasteiger partial charge in [-0.3, -0.25) is 4.79 Å². The van der Waals surface area contributed by atoms with Crippen LogP contribution in [0.2, 0.25) is 5.02 Å². The van der Waals surface area contributed by atoms with Gasteiger partial charge in [0.15, 0.2) is 0 Å². The molecule has 0 saturated carbocycles. The summed E-state index contributed by atoms with van der Waals surface area (Å²) >= 11 is 5.96. The molecule has 0 aliphatic rings. The van der Waals surface area contributed by atoms with Gasteiger partial charge in [0.1, 0.15) is 17.3 Å². The van der Waals surface area contributed by atoms with Gasteiger partial charge in [0.05, 0.1) is 0 Å². The first kappa shape index (κ1) is 17.9. The maximum Gasteiger partial charge on any atom is 0.274 e. The van der Waals surface area contributed by atoms with E-state index in [2.05, 4.69) is 20.6 Å². The SMILES string of the molecule is Cc1nc(Nc2ccccc2C)cc(C(=O)Nc2ccc(Cl)cc2C)n1. The molecular formula is C20H19ClN4O. The van der Waals surface area contributed by atoms with Crippen molar-refractivity contribution in [1.82, 2.24) is 9.97 Å². The third-order valence-corrected chi connectivity index (χ3v) is 4.15. The Labute approximate surface area is 157 Å². The van der Waals surface area contributed by atoms with Crippen LogP contribution in [0, 0.1) is 20.8 Å². The molecule has 0 spiro atoms. The molecule has 132 valence electrons. The molecule has 2 aromatic carbocycles. The minimum Gasteiger partial charge on any atom is -0.340 e. The number of halogens is 1. The quantitative estimate of drug-likeness (QED) is 0.678. The summed E-state index contributed by atoms with van der Waals surface area (Å²) in [6.45, 7) is 5.65. The second-order valence-corrected chi connectivity index (χ2v) is 6.48. The second-order valence-electron chi connectivity index (χ2n) is 6.04. The first-order chi connectivity index (χ1) is 12.4. The number of para-hydroxylation sites is 1. The van der Waals surface area contributed by atoms with Crippen molar-refractivity contribution < 1.29 is 4.79 Å². The van der Waals surface area contributed by atoms with Gasteiger partial charge < -0.3 is 10.6 Å². The van der Waals surface area contributed by atoms with Crippen LogP contribution >= 0.6 is 11.6 Å². The number of anilines is 3. The molecule has 1 heterocycles. The number of nitrogens with one attached hydrogen (secondary N) is 2. The Bertz CT molecular complexity index is 972. The fourth-order valence-corrected chi connectivity index (χ4v) is 2.78. The van der Waals surface area contributed by atoms with Gasteiger partial charge in [-0.2, -0.15) is 0 Å². The lowest BCUT2D eigenvalue weighted by Gasteiger charge is -2.12. The molecule has 0 bridgehead atoms. The zero-order valence-electron chi connectivity index (χ0n) is 14.8. The fraction of sp³-hybridized carbons (Fsp3) is 0.150. The predicted octanol–water partition coefficient (Wildman–Crippen LogP) is 5.05. The lowest BCUT2D eigenvalue weighted by molar-refractivity contribution is 0.102. The molecule has 26 heavy (non-hydrogen) atoms. The maximum absolute atomic E-state index is 12.6. The van der Waals surface area contributed by atoms with Crippen molar-refractivity contribution in [3.05, 3.63) is 76.2 Å². The third-order valence-electron chi connectivity index (χ3n) is 3.92. The van der Waals surface area contributed by atoms with Crippen LogP contribution in [0.5, 0.6) is 0 Å². The monoisotopic (exact) mass is 366 g/mol. The summed E-state index contributed by atoms with van der Waals surface area (Å²) in [5.41, 5.74) is 3.90. The molecule has 0 fully saturated rings. The van der Waals surface area contributed by atoms with E-state index >= 15 is 0 Å². The van der Waals surface area contributed by atoms with E-state index in [1.54, 1.807) is 31.2 Å². The van der Waals surface area contributed by atoms with Gasteiger partial charge in [-0.25, -0.2) is 9.97 Å². The number of nitrogens with zero attached hydrogens (tertiary/aromatic N) is 2. The summed E-state index contributed by atoms with van der Waals surface area (Å²) in [5, 5.41) is 6.74. The molecule has 3 rings (SSSR count). The topological polar surface area (TPSA) is 66.9 Å². The van der Waals surface area contributed by atoms with Crippen molar-refractivity contribution in [3.63, 3.8) is 0 Å². The highest BCUT2D eigenvalue weighted by Crippen LogP contribution is 2.22. The molecule has 0 saturated heterocycles. The van der Waals surface area contributed by atoms with Crippen molar-refractivity contribution in [1.29, 1.82) is 0 Å². The van der Waals surface area contributed by atoms with Crippen LogP contribution in [0.15, 0.2) is 48.5 Å². The normalized spacial score (nSPS) is 10.5. The van der Waals surface area contributed by atoms with Gasteiger partial charge in [0, 0.05) is 22.5 Å². The molecule has 5 nitrogen and oxygen atoms in total. The number of aryl methyl sites for hydroxylation is 3. The van der Waals surface area contributed by atoms with Crippen LogP contribution in [-0.2, 0) is 0 Å². The Balaban J connectivity index is 1.85. The highest BCUT2D eigenvalue weighted by Gasteiger charge is 2.13. The van der Waals surface area contributed by atoms with Crippen LogP contribution in [0.1, 0.15) is 27.4 Å². The molecule has 0 aliphatic heterocycles. The molecule has 3 aromatic rings. The van der Waals surface area contributed by atoms with Gasteiger partial charge in [0.2, 0.25) is 0 Å². The van der Waals surface area contributed by atoms with Crippen molar-refractivity contribution in [3.8, 4) is 0 Å². The number of carbonyl (C=O) groups excluding carboxylic acids is 1. The van der Waals surface area contributed by atoms with Crippen molar-refractivity contribution in [2.24, 2.45) is 0 Å². The van der Waals surface area contributed by atoms with Gasteiger partial charge in [-0.1, -0.05) is 29.8 Å². The number of amides is 1. The van der Waals surface area contributed by atoms with Crippen LogP contribution in [0.4, 0.5) is 17.2 Å². The van der Waals surface area contributed by atoms with Crippen LogP contribution in [-0.4, -0.2) is 15.9 Å². The third kappa shape index (κ3) is 4.18. The first-order valence-electron chi connectivity index (χ1n) is 8.18. The number of hydrogen-bond donors (Lipinski definition) is 2. The standard InChI is InChI=1S/C20H19ClN4O/c1-12-6-4-5-7-16(12)24-19-11-18(22-14(3)23-19)20(26)25-17-9-8-15(21)10-13(17)2/h4-11H,1-3H3,(H,25,26)(H,22,23,24). The zero-order valence-corrected chi connectivity index (χ0v) is 15.6. The Kier molecular flexibility index (Phi) is 5.19. The van der Waals surface area contributed by atoms with Crippen LogP contribution in [0.25, 0.3) is 0 Å². The van der Waals surface area contributed by atoms with E-state index in [1.165, 1.54) is 0 Å². The number of benzene rings is 2. The highest BCUT2D eigenvalue weighted by molar-refractivity contribution is 6.30. The summed E-state index contributed by atoms with van der Waals surface area (Å²) in [4.78, 5) is 21.2. The van der Waals surface area contributed by atoms with Crippen molar-refractivity contribution >= 4 is 34.7 Å².